The van der Waals surface area contributed by atoms with Gasteiger partial charge in [0.15, 0.2) is 0 Å². The van der Waals surface area contributed by atoms with Crippen molar-refractivity contribution in [2.75, 3.05) is 5.32 Å². The van der Waals surface area contributed by atoms with E-state index >= 15 is 0 Å². The van der Waals surface area contributed by atoms with Gasteiger partial charge in [0.1, 0.15) is 0 Å². The van der Waals surface area contributed by atoms with E-state index in [1.807, 2.05) is 0 Å². The van der Waals surface area contributed by atoms with Gasteiger partial charge in [-0.1, -0.05) is 30.9 Å². The summed E-state index contributed by atoms with van der Waals surface area (Å²) in [5.74, 6) is -0.525. The molecule has 2 rings (SSSR count). The summed E-state index contributed by atoms with van der Waals surface area (Å²) in [5, 5.41) is 6.10. The lowest BCUT2D eigenvalue weighted by molar-refractivity contribution is -0.120. The van der Waals surface area contributed by atoms with Crippen molar-refractivity contribution in [1.82, 2.24) is 5.32 Å². The van der Waals surface area contributed by atoms with Crippen LogP contribution in [-0.4, -0.2) is 23.4 Å². The smallest absolute Gasteiger partial charge is 0.253 e. The highest BCUT2D eigenvalue weighted by Crippen LogP contribution is 2.23. The molecule has 0 heterocycles. The Morgan fingerprint density at radius 1 is 1.22 bits per heavy atom. The first-order valence-corrected chi connectivity index (χ1v) is 8.36. The van der Waals surface area contributed by atoms with Crippen LogP contribution in [0, 0.1) is 0 Å². The molecule has 1 aliphatic rings. The number of amides is 2. The largest absolute Gasteiger partial charge is 0.349 e. The van der Waals surface area contributed by atoms with Gasteiger partial charge in [0.2, 0.25) is 5.91 Å². The third-order valence-corrected chi connectivity index (χ3v) is 4.32. The number of carbonyl (C=O) groups excluding carboxylic acids is 2. The number of halogens is 1. The van der Waals surface area contributed by atoms with Gasteiger partial charge < -0.3 is 16.4 Å². The Bertz CT molecular complexity index is 590. The number of hydrogen-bond donors (Lipinski definition) is 3. The SMILES string of the molecule is CC(C)(N)C(=O)Nc1ccc(Cl)c(C(=O)NC2CCCCC2)c1. The molecular formula is C17H24ClN3O2. The zero-order chi connectivity index (χ0) is 17.0. The third kappa shape index (κ3) is 4.94. The molecule has 0 unspecified atom stereocenters. The van der Waals surface area contributed by atoms with Crippen LogP contribution < -0.4 is 16.4 Å². The maximum atomic E-state index is 12.4. The van der Waals surface area contributed by atoms with E-state index in [-0.39, 0.29) is 17.9 Å². The number of anilines is 1. The maximum absolute atomic E-state index is 12.4. The molecule has 0 aromatic heterocycles. The molecular weight excluding hydrogens is 314 g/mol. The molecule has 4 N–H and O–H groups in total. The van der Waals surface area contributed by atoms with E-state index in [0.717, 1.165) is 25.7 Å². The van der Waals surface area contributed by atoms with Crippen LogP contribution in [0.3, 0.4) is 0 Å². The van der Waals surface area contributed by atoms with Gasteiger partial charge in [0.25, 0.3) is 5.91 Å². The topological polar surface area (TPSA) is 84.2 Å². The predicted octanol–water partition coefficient (Wildman–Crippen LogP) is 3.08. The van der Waals surface area contributed by atoms with Crippen LogP contribution in [0.2, 0.25) is 5.02 Å². The Kier molecular flexibility index (Phi) is 5.65. The van der Waals surface area contributed by atoms with Gasteiger partial charge in [-0.2, -0.15) is 0 Å². The van der Waals surface area contributed by atoms with Crippen LogP contribution in [0.4, 0.5) is 5.69 Å². The van der Waals surface area contributed by atoms with E-state index in [0.29, 0.717) is 16.3 Å². The van der Waals surface area contributed by atoms with Crippen molar-refractivity contribution in [3.05, 3.63) is 28.8 Å². The minimum atomic E-state index is -0.996. The molecule has 1 aromatic rings. The van der Waals surface area contributed by atoms with Crippen LogP contribution in [0.15, 0.2) is 18.2 Å². The van der Waals surface area contributed by atoms with Crippen LogP contribution in [0.5, 0.6) is 0 Å². The van der Waals surface area contributed by atoms with Crippen molar-refractivity contribution < 1.29 is 9.59 Å². The normalized spacial score (nSPS) is 16.0. The standard InChI is InChI=1S/C17H24ClN3O2/c1-17(2,19)16(23)21-12-8-9-14(18)13(10-12)15(22)20-11-6-4-3-5-7-11/h8-11H,3-7,19H2,1-2H3,(H,20,22)(H,21,23). The average Bonchev–Trinajstić information content (AvgIpc) is 2.49. The Balaban J connectivity index is 2.10. The number of nitrogens with one attached hydrogen (secondary N) is 2. The lowest BCUT2D eigenvalue weighted by atomic mass is 9.95. The predicted molar refractivity (Wildman–Crippen MR) is 92.7 cm³/mol. The molecule has 1 saturated carbocycles. The van der Waals surface area contributed by atoms with Crippen LogP contribution in [0.1, 0.15) is 56.3 Å². The highest BCUT2D eigenvalue weighted by atomic mass is 35.5. The molecule has 1 aliphatic carbocycles. The van der Waals surface area contributed by atoms with Crippen molar-refractivity contribution in [1.29, 1.82) is 0 Å². The Hall–Kier alpha value is -1.59. The molecule has 0 aliphatic heterocycles. The number of hydrogen-bond acceptors (Lipinski definition) is 3. The molecule has 0 saturated heterocycles. The Labute approximate surface area is 142 Å². The molecule has 126 valence electrons. The van der Waals surface area contributed by atoms with Crippen LogP contribution >= 0.6 is 11.6 Å². The minimum absolute atomic E-state index is 0.202. The summed E-state index contributed by atoms with van der Waals surface area (Å²) in [4.78, 5) is 24.4. The third-order valence-electron chi connectivity index (χ3n) is 3.99. The summed E-state index contributed by atoms with van der Waals surface area (Å²) in [7, 11) is 0. The van der Waals surface area contributed by atoms with Crippen molar-refractivity contribution in [2.24, 2.45) is 5.73 Å². The fraction of sp³-hybridized carbons (Fsp3) is 0.529. The van der Waals surface area contributed by atoms with Gasteiger partial charge >= 0.3 is 0 Å². The molecule has 6 heteroatoms. The Morgan fingerprint density at radius 2 is 1.87 bits per heavy atom. The number of rotatable bonds is 4. The molecule has 0 bridgehead atoms. The molecule has 1 fully saturated rings. The van der Waals surface area contributed by atoms with Crippen LogP contribution in [-0.2, 0) is 4.79 Å². The number of carbonyl (C=O) groups is 2. The van der Waals surface area contributed by atoms with Gasteiger partial charge in [-0.3, -0.25) is 9.59 Å². The van der Waals surface area contributed by atoms with Gasteiger partial charge in [0, 0.05) is 11.7 Å². The zero-order valence-corrected chi connectivity index (χ0v) is 14.4. The van der Waals surface area contributed by atoms with Gasteiger partial charge in [-0.25, -0.2) is 0 Å². The first-order chi connectivity index (χ1) is 10.8. The van der Waals surface area contributed by atoms with Crippen LogP contribution in [0.25, 0.3) is 0 Å². The monoisotopic (exact) mass is 337 g/mol. The number of nitrogens with two attached hydrogens (primary N) is 1. The van der Waals surface area contributed by atoms with Crippen molar-refractivity contribution >= 4 is 29.1 Å². The average molecular weight is 338 g/mol. The van der Waals surface area contributed by atoms with Gasteiger partial charge in [-0.15, -0.1) is 0 Å². The fourth-order valence-electron chi connectivity index (χ4n) is 2.58. The molecule has 5 nitrogen and oxygen atoms in total. The summed E-state index contributed by atoms with van der Waals surface area (Å²) >= 11 is 6.14. The number of benzene rings is 1. The van der Waals surface area contributed by atoms with Gasteiger partial charge in [-0.05, 0) is 44.9 Å². The second kappa shape index (κ2) is 7.32. The lowest BCUT2D eigenvalue weighted by Gasteiger charge is -2.23. The molecule has 0 radical (unpaired) electrons. The highest BCUT2D eigenvalue weighted by Gasteiger charge is 2.23. The summed E-state index contributed by atoms with van der Waals surface area (Å²) in [6.45, 7) is 3.24. The summed E-state index contributed by atoms with van der Waals surface area (Å²) < 4.78 is 0. The minimum Gasteiger partial charge on any atom is -0.349 e. The molecule has 1 aromatic carbocycles. The lowest BCUT2D eigenvalue weighted by Crippen LogP contribution is -2.45. The van der Waals surface area contributed by atoms with Crippen molar-refractivity contribution in [3.63, 3.8) is 0 Å². The first-order valence-electron chi connectivity index (χ1n) is 7.98. The van der Waals surface area contributed by atoms with Crippen molar-refractivity contribution in [3.8, 4) is 0 Å². The molecule has 0 atom stereocenters. The van der Waals surface area contributed by atoms with E-state index in [2.05, 4.69) is 10.6 Å². The van der Waals surface area contributed by atoms with Gasteiger partial charge in [0.05, 0.1) is 16.1 Å². The van der Waals surface area contributed by atoms with E-state index in [1.54, 1.807) is 32.0 Å². The van der Waals surface area contributed by atoms with E-state index in [9.17, 15) is 9.59 Å². The van der Waals surface area contributed by atoms with E-state index < -0.39 is 5.54 Å². The first kappa shape index (κ1) is 17.8. The second-order valence-corrected chi connectivity index (χ2v) is 7.09. The summed E-state index contributed by atoms with van der Waals surface area (Å²) in [6.07, 6.45) is 5.51. The zero-order valence-electron chi connectivity index (χ0n) is 13.6. The van der Waals surface area contributed by atoms with E-state index in [4.69, 9.17) is 17.3 Å². The maximum Gasteiger partial charge on any atom is 0.253 e. The summed E-state index contributed by atoms with van der Waals surface area (Å²) in [5.41, 5.74) is 5.64. The fourth-order valence-corrected chi connectivity index (χ4v) is 2.78. The Morgan fingerprint density at radius 3 is 2.48 bits per heavy atom. The molecule has 23 heavy (non-hydrogen) atoms. The molecule has 0 spiro atoms. The van der Waals surface area contributed by atoms with Crippen molar-refractivity contribution in [2.45, 2.75) is 57.5 Å². The van der Waals surface area contributed by atoms with E-state index in [1.165, 1.54) is 6.42 Å². The summed E-state index contributed by atoms with van der Waals surface area (Å²) in [6, 6.07) is 5.05. The highest BCUT2D eigenvalue weighted by molar-refractivity contribution is 6.34. The molecule has 2 amide bonds. The quantitative estimate of drug-likeness (QED) is 0.789. The second-order valence-electron chi connectivity index (χ2n) is 6.68.